The van der Waals surface area contributed by atoms with E-state index >= 15 is 0 Å². The number of ketones is 1. The molecule has 0 saturated carbocycles. The minimum Gasteiger partial charge on any atom is -0.454 e. The molecule has 0 radical (unpaired) electrons. The quantitative estimate of drug-likeness (QED) is 0.315. The van der Waals surface area contributed by atoms with Crippen LogP contribution in [0.4, 0.5) is 0 Å². The predicted octanol–water partition coefficient (Wildman–Crippen LogP) is 2.98. The minimum absolute atomic E-state index is 0.190. The fraction of sp³-hybridized carbons (Fsp3) is 0.417. The SMILES string of the molecule is CCCn1c(C)cc(C(=O)COC(=O)C=Cc2ccc(S(=O)(=O)N3CCOCC3)cc2)c1C. The Labute approximate surface area is 194 Å². The summed E-state index contributed by atoms with van der Waals surface area (Å²) >= 11 is 0. The molecule has 1 fully saturated rings. The molecule has 1 aromatic heterocycles. The number of sulfonamides is 1. The lowest BCUT2D eigenvalue weighted by atomic mass is 10.1. The molecule has 1 aliphatic rings. The Morgan fingerprint density at radius 3 is 2.42 bits per heavy atom. The molecule has 0 spiro atoms. The molecule has 0 bridgehead atoms. The minimum atomic E-state index is -3.56. The van der Waals surface area contributed by atoms with Crippen LogP contribution in [0.15, 0.2) is 41.3 Å². The number of ether oxygens (including phenoxy) is 2. The highest BCUT2D eigenvalue weighted by molar-refractivity contribution is 7.89. The molecule has 33 heavy (non-hydrogen) atoms. The summed E-state index contributed by atoms with van der Waals surface area (Å²) in [6.07, 6.45) is 3.70. The van der Waals surface area contributed by atoms with Crippen molar-refractivity contribution < 1.29 is 27.5 Å². The Morgan fingerprint density at radius 1 is 1.12 bits per heavy atom. The van der Waals surface area contributed by atoms with Gasteiger partial charge in [-0.05, 0) is 50.1 Å². The van der Waals surface area contributed by atoms with Gasteiger partial charge in [0.2, 0.25) is 15.8 Å². The molecule has 0 amide bonds. The number of hydrogen-bond acceptors (Lipinski definition) is 6. The van der Waals surface area contributed by atoms with E-state index in [0.717, 1.165) is 24.4 Å². The number of Topliss-reactive ketones (excluding diaryl/α,β-unsaturated/α-hetero) is 1. The molecular weight excluding hydrogens is 444 g/mol. The van der Waals surface area contributed by atoms with Crippen molar-refractivity contribution in [2.45, 2.75) is 38.6 Å². The molecule has 8 nitrogen and oxygen atoms in total. The van der Waals surface area contributed by atoms with Crippen molar-refractivity contribution in [3.8, 4) is 0 Å². The van der Waals surface area contributed by atoms with Crippen molar-refractivity contribution >= 4 is 27.9 Å². The van der Waals surface area contributed by atoms with E-state index in [1.54, 1.807) is 12.1 Å². The van der Waals surface area contributed by atoms with Crippen molar-refractivity contribution in [1.82, 2.24) is 8.87 Å². The van der Waals surface area contributed by atoms with Gasteiger partial charge in [0.05, 0.1) is 18.1 Å². The van der Waals surface area contributed by atoms with Gasteiger partial charge in [0.25, 0.3) is 0 Å². The van der Waals surface area contributed by atoms with Gasteiger partial charge in [0.1, 0.15) is 0 Å². The number of carbonyl (C=O) groups excluding carboxylic acids is 2. The number of hydrogen-bond donors (Lipinski definition) is 0. The first-order valence-corrected chi connectivity index (χ1v) is 12.4. The molecular formula is C24H30N2O6S. The van der Waals surface area contributed by atoms with Crippen LogP contribution in [0.25, 0.3) is 6.08 Å². The molecule has 9 heteroatoms. The molecule has 0 unspecified atom stereocenters. The van der Waals surface area contributed by atoms with Crippen LogP contribution in [0.3, 0.4) is 0 Å². The smallest absolute Gasteiger partial charge is 0.331 e. The molecule has 0 aliphatic carbocycles. The molecule has 0 atom stereocenters. The second kappa shape index (κ2) is 10.9. The van der Waals surface area contributed by atoms with E-state index in [9.17, 15) is 18.0 Å². The summed E-state index contributed by atoms with van der Waals surface area (Å²) in [5.74, 6) is -0.888. The van der Waals surface area contributed by atoms with Crippen LogP contribution in [-0.2, 0) is 30.8 Å². The van der Waals surface area contributed by atoms with E-state index in [1.807, 2.05) is 19.9 Å². The van der Waals surface area contributed by atoms with E-state index in [2.05, 4.69) is 11.5 Å². The van der Waals surface area contributed by atoms with Crippen molar-refractivity contribution in [1.29, 1.82) is 0 Å². The largest absolute Gasteiger partial charge is 0.454 e. The first-order chi connectivity index (χ1) is 15.7. The fourth-order valence-corrected chi connectivity index (χ4v) is 5.17. The highest BCUT2D eigenvalue weighted by Gasteiger charge is 2.26. The Bertz CT molecular complexity index is 1130. The Balaban J connectivity index is 1.56. The normalized spacial score (nSPS) is 15.1. The fourth-order valence-electron chi connectivity index (χ4n) is 3.76. The molecule has 1 aromatic carbocycles. The zero-order valence-corrected chi connectivity index (χ0v) is 20.1. The van der Waals surface area contributed by atoms with Gasteiger partial charge in [-0.3, -0.25) is 4.79 Å². The summed E-state index contributed by atoms with van der Waals surface area (Å²) in [6.45, 7) is 7.84. The summed E-state index contributed by atoms with van der Waals surface area (Å²) < 4.78 is 39.1. The average molecular weight is 475 g/mol. The first-order valence-electron chi connectivity index (χ1n) is 11.0. The molecule has 1 aliphatic heterocycles. The van der Waals surface area contributed by atoms with E-state index in [4.69, 9.17) is 9.47 Å². The van der Waals surface area contributed by atoms with Crippen LogP contribution in [0.5, 0.6) is 0 Å². The third kappa shape index (κ3) is 5.98. The van der Waals surface area contributed by atoms with Crippen LogP contribution in [0, 0.1) is 13.8 Å². The number of rotatable bonds is 9. The summed E-state index contributed by atoms with van der Waals surface area (Å²) in [6, 6.07) is 8.07. The number of morpholine rings is 1. The van der Waals surface area contributed by atoms with Crippen LogP contribution in [0.2, 0.25) is 0 Å². The number of benzene rings is 1. The number of aromatic nitrogens is 1. The van der Waals surface area contributed by atoms with Crippen molar-refractivity contribution in [3.05, 3.63) is 58.9 Å². The zero-order valence-electron chi connectivity index (χ0n) is 19.2. The van der Waals surface area contributed by atoms with Crippen molar-refractivity contribution in [2.75, 3.05) is 32.9 Å². The second-order valence-electron chi connectivity index (χ2n) is 7.89. The molecule has 2 aromatic rings. The predicted molar refractivity (Wildman–Crippen MR) is 125 cm³/mol. The Morgan fingerprint density at radius 2 is 1.79 bits per heavy atom. The highest BCUT2D eigenvalue weighted by atomic mass is 32.2. The van der Waals surface area contributed by atoms with Crippen LogP contribution in [-0.4, -0.2) is 62.0 Å². The maximum Gasteiger partial charge on any atom is 0.331 e. The number of esters is 1. The van der Waals surface area contributed by atoms with Crippen LogP contribution < -0.4 is 0 Å². The van der Waals surface area contributed by atoms with Crippen molar-refractivity contribution in [2.24, 2.45) is 0 Å². The summed E-state index contributed by atoms with van der Waals surface area (Å²) in [7, 11) is -3.56. The topological polar surface area (TPSA) is 94.9 Å². The summed E-state index contributed by atoms with van der Waals surface area (Å²) in [5, 5.41) is 0. The van der Waals surface area contributed by atoms with Gasteiger partial charge < -0.3 is 14.0 Å². The Hall–Kier alpha value is -2.75. The Kier molecular flexibility index (Phi) is 8.23. The zero-order chi connectivity index (χ0) is 24.0. The molecule has 1 saturated heterocycles. The van der Waals surface area contributed by atoms with Crippen LogP contribution >= 0.6 is 0 Å². The van der Waals surface area contributed by atoms with E-state index in [-0.39, 0.29) is 17.3 Å². The van der Waals surface area contributed by atoms with Gasteiger partial charge in [-0.1, -0.05) is 19.1 Å². The third-order valence-corrected chi connectivity index (χ3v) is 7.48. The number of aryl methyl sites for hydroxylation is 1. The summed E-state index contributed by atoms with van der Waals surface area (Å²) in [5.41, 5.74) is 3.08. The number of carbonyl (C=O) groups is 2. The third-order valence-electron chi connectivity index (χ3n) is 5.57. The number of nitrogens with zero attached hydrogens (tertiary/aromatic N) is 2. The highest BCUT2D eigenvalue weighted by Crippen LogP contribution is 2.19. The standard InChI is InChI=1S/C24H30N2O6S/c1-4-11-26-18(2)16-22(19(26)3)23(27)17-32-24(28)10-7-20-5-8-21(9-6-20)33(29,30)25-12-14-31-15-13-25/h5-10,16H,4,11-15,17H2,1-3H3. The second-order valence-corrected chi connectivity index (χ2v) is 9.82. The molecule has 178 valence electrons. The van der Waals surface area contributed by atoms with Gasteiger partial charge in [0.15, 0.2) is 6.61 Å². The molecule has 2 heterocycles. The van der Waals surface area contributed by atoms with Gasteiger partial charge >= 0.3 is 5.97 Å². The average Bonchev–Trinajstić information content (AvgIpc) is 3.10. The van der Waals surface area contributed by atoms with Gasteiger partial charge in [0, 0.05) is 42.7 Å². The lowest BCUT2D eigenvalue weighted by Crippen LogP contribution is -2.40. The van der Waals surface area contributed by atoms with Crippen LogP contribution in [0.1, 0.15) is 40.7 Å². The maximum atomic E-state index is 12.7. The van der Waals surface area contributed by atoms with E-state index in [1.165, 1.54) is 28.6 Å². The molecule has 0 N–H and O–H groups in total. The van der Waals surface area contributed by atoms with Crippen molar-refractivity contribution in [3.63, 3.8) is 0 Å². The van der Waals surface area contributed by atoms with Gasteiger partial charge in [-0.15, -0.1) is 0 Å². The van der Waals surface area contributed by atoms with Gasteiger partial charge in [-0.25, -0.2) is 13.2 Å². The first kappa shape index (κ1) is 24.9. The lowest BCUT2D eigenvalue weighted by Gasteiger charge is -2.26. The van der Waals surface area contributed by atoms with E-state index < -0.39 is 16.0 Å². The summed E-state index contributed by atoms with van der Waals surface area (Å²) in [4.78, 5) is 24.7. The monoisotopic (exact) mass is 474 g/mol. The van der Waals surface area contributed by atoms with Gasteiger partial charge in [-0.2, -0.15) is 4.31 Å². The lowest BCUT2D eigenvalue weighted by molar-refractivity contribution is -0.136. The molecule has 3 rings (SSSR count). The van der Waals surface area contributed by atoms with E-state index in [0.29, 0.717) is 37.4 Å². The maximum absolute atomic E-state index is 12.7.